The monoisotopic (exact) mass is 291 g/mol. The topological polar surface area (TPSA) is 32.3 Å². The number of hydrogen-bond donors (Lipinski definition) is 2. The van der Waals surface area contributed by atoms with Crippen LogP contribution in [0.4, 0.5) is 0 Å². The van der Waals surface area contributed by atoms with Crippen LogP contribution >= 0.6 is 27.3 Å². The van der Waals surface area contributed by atoms with Crippen molar-refractivity contribution in [2.75, 3.05) is 6.54 Å². The van der Waals surface area contributed by atoms with Crippen LogP contribution in [-0.4, -0.2) is 17.8 Å². The molecule has 0 radical (unpaired) electrons. The number of thiophene rings is 1. The largest absolute Gasteiger partial charge is 0.393 e. The van der Waals surface area contributed by atoms with Crippen LogP contribution < -0.4 is 5.32 Å². The first-order valence-corrected chi connectivity index (χ1v) is 6.88. The molecule has 0 aliphatic carbocycles. The first kappa shape index (κ1) is 13.2. The van der Waals surface area contributed by atoms with E-state index in [4.69, 9.17) is 0 Å². The molecule has 0 bridgehead atoms. The van der Waals surface area contributed by atoms with Gasteiger partial charge >= 0.3 is 0 Å². The van der Waals surface area contributed by atoms with Crippen molar-refractivity contribution < 1.29 is 5.11 Å². The summed E-state index contributed by atoms with van der Waals surface area (Å²) in [5.74, 6) is 0.350. The molecule has 0 aliphatic heterocycles. The zero-order valence-electron chi connectivity index (χ0n) is 9.16. The molecule has 1 aromatic rings. The van der Waals surface area contributed by atoms with Crippen molar-refractivity contribution in [1.29, 1.82) is 0 Å². The van der Waals surface area contributed by atoms with Gasteiger partial charge in [0.1, 0.15) is 0 Å². The molecule has 0 aromatic carbocycles. The molecule has 1 atom stereocenters. The molecule has 1 unspecified atom stereocenters. The normalized spacial score (nSPS) is 13.4. The Kier molecular flexibility index (Phi) is 5.82. The van der Waals surface area contributed by atoms with Crippen LogP contribution in [0.3, 0.4) is 0 Å². The Morgan fingerprint density at radius 2 is 2.27 bits per heavy atom. The lowest BCUT2D eigenvalue weighted by atomic mass is 10.0. The van der Waals surface area contributed by atoms with E-state index >= 15 is 0 Å². The number of rotatable bonds is 6. The Morgan fingerprint density at radius 3 is 2.80 bits per heavy atom. The van der Waals surface area contributed by atoms with Crippen LogP contribution in [0.5, 0.6) is 0 Å². The van der Waals surface area contributed by atoms with Crippen molar-refractivity contribution >= 4 is 27.3 Å². The Balaban J connectivity index is 2.12. The second-order valence-electron chi connectivity index (χ2n) is 4.01. The van der Waals surface area contributed by atoms with Crippen molar-refractivity contribution in [2.24, 2.45) is 5.92 Å². The summed E-state index contributed by atoms with van der Waals surface area (Å²) >= 11 is 5.17. The highest BCUT2D eigenvalue weighted by Gasteiger charge is 2.07. The van der Waals surface area contributed by atoms with Gasteiger partial charge in [-0.3, -0.25) is 0 Å². The van der Waals surface area contributed by atoms with E-state index in [9.17, 15) is 5.11 Å². The first-order valence-electron chi connectivity index (χ1n) is 5.21. The van der Waals surface area contributed by atoms with Crippen molar-refractivity contribution in [3.63, 3.8) is 0 Å². The van der Waals surface area contributed by atoms with E-state index in [2.05, 4.69) is 32.7 Å². The first-order chi connectivity index (χ1) is 7.09. The minimum Gasteiger partial charge on any atom is -0.393 e. The van der Waals surface area contributed by atoms with Gasteiger partial charge in [0, 0.05) is 21.3 Å². The van der Waals surface area contributed by atoms with E-state index in [1.54, 1.807) is 11.3 Å². The summed E-state index contributed by atoms with van der Waals surface area (Å²) in [5.41, 5.74) is 0. The average Bonchev–Trinajstić information content (AvgIpc) is 2.58. The van der Waals surface area contributed by atoms with Crippen LogP contribution in [-0.2, 0) is 6.54 Å². The fourth-order valence-corrected chi connectivity index (χ4v) is 2.66. The zero-order valence-corrected chi connectivity index (χ0v) is 11.6. The maximum absolute atomic E-state index is 9.58. The quantitative estimate of drug-likeness (QED) is 0.790. The molecule has 0 amide bonds. The van der Waals surface area contributed by atoms with E-state index in [1.165, 1.54) is 4.88 Å². The van der Waals surface area contributed by atoms with E-state index in [-0.39, 0.29) is 6.10 Å². The third-order valence-electron chi connectivity index (χ3n) is 2.31. The Hall–Kier alpha value is 0.1000. The molecule has 1 rings (SSSR count). The molecule has 1 heterocycles. The predicted octanol–water partition coefficient (Wildman–Crippen LogP) is 3.01. The van der Waals surface area contributed by atoms with Crippen LogP contribution in [0.15, 0.2) is 15.9 Å². The van der Waals surface area contributed by atoms with Gasteiger partial charge in [-0.1, -0.05) is 13.8 Å². The Morgan fingerprint density at radius 1 is 1.53 bits per heavy atom. The summed E-state index contributed by atoms with van der Waals surface area (Å²) in [6, 6.07) is 2.12. The molecule has 0 saturated heterocycles. The maximum atomic E-state index is 9.58. The maximum Gasteiger partial charge on any atom is 0.0575 e. The molecule has 0 saturated carbocycles. The summed E-state index contributed by atoms with van der Waals surface area (Å²) in [7, 11) is 0. The highest BCUT2D eigenvalue weighted by atomic mass is 79.9. The SMILES string of the molecule is CC(C)C(O)CCNCc1cc(Br)cs1. The molecule has 2 nitrogen and oxygen atoms in total. The lowest BCUT2D eigenvalue weighted by molar-refractivity contribution is 0.116. The molecular formula is C11H18BrNOS. The lowest BCUT2D eigenvalue weighted by Crippen LogP contribution is -2.23. The minimum absolute atomic E-state index is 0.187. The number of hydrogen-bond acceptors (Lipinski definition) is 3. The van der Waals surface area contributed by atoms with Gasteiger partial charge in [-0.25, -0.2) is 0 Å². The molecule has 1 aromatic heterocycles. The molecule has 15 heavy (non-hydrogen) atoms. The minimum atomic E-state index is -0.187. The number of nitrogens with one attached hydrogen (secondary N) is 1. The van der Waals surface area contributed by atoms with Crippen LogP contribution in [0.25, 0.3) is 0 Å². The molecule has 0 spiro atoms. The average molecular weight is 292 g/mol. The smallest absolute Gasteiger partial charge is 0.0575 e. The molecule has 86 valence electrons. The summed E-state index contributed by atoms with van der Waals surface area (Å²) in [4.78, 5) is 1.32. The Labute approximate surface area is 104 Å². The van der Waals surface area contributed by atoms with Gasteiger partial charge < -0.3 is 10.4 Å². The number of halogens is 1. The standard InChI is InChI=1S/C11H18BrNOS/c1-8(2)11(14)3-4-13-6-10-5-9(12)7-15-10/h5,7-8,11,13-14H,3-4,6H2,1-2H3. The van der Waals surface area contributed by atoms with Gasteiger partial charge in [0.15, 0.2) is 0 Å². The van der Waals surface area contributed by atoms with Gasteiger partial charge in [-0.15, -0.1) is 11.3 Å². The van der Waals surface area contributed by atoms with Crippen molar-refractivity contribution in [3.8, 4) is 0 Å². The van der Waals surface area contributed by atoms with Gasteiger partial charge in [0.05, 0.1) is 6.10 Å². The second kappa shape index (κ2) is 6.63. The summed E-state index contributed by atoms with van der Waals surface area (Å²) < 4.78 is 1.14. The van der Waals surface area contributed by atoms with Gasteiger partial charge in [-0.05, 0) is 40.9 Å². The van der Waals surface area contributed by atoms with Gasteiger partial charge in [0.2, 0.25) is 0 Å². The van der Waals surface area contributed by atoms with Crippen molar-refractivity contribution in [2.45, 2.75) is 32.9 Å². The molecule has 4 heteroatoms. The lowest BCUT2D eigenvalue weighted by Gasteiger charge is -2.14. The highest BCUT2D eigenvalue weighted by molar-refractivity contribution is 9.10. The second-order valence-corrected chi connectivity index (χ2v) is 5.92. The van der Waals surface area contributed by atoms with E-state index < -0.39 is 0 Å². The predicted molar refractivity (Wildman–Crippen MR) is 69.2 cm³/mol. The van der Waals surface area contributed by atoms with Gasteiger partial charge in [0.25, 0.3) is 0 Å². The van der Waals surface area contributed by atoms with E-state index in [1.807, 2.05) is 13.8 Å². The third kappa shape index (κ3) is 5.11. The Bertz CT molecular complexity index is 288. The van der Waals surface area contributed by atoms with E-state index in [0.29, 0.717) is 5.92 Å². The van der Waals surface area contributed by atoms with Crippen LogP contribution in [0.1, 0.15) is 25.1 Å². The molecule has 0 aliphatic rings. The van der Waals surface area contributed by atoms with Crippen molar-refractivity contribution in [3.05, 3.63) is 20.8 Å². The third-order valence-corrected chi connectivity index (χ3v) is 4.01. The molecular weight excluding hydrogens is 274 g/mol. The molecule has 0 fully saturated rings. The molecule has 2 N–H and O–H groups in total. The fraction of sp³-hybridized carbons (Fsp3) is 0.636. The van der Waals surface area contributed by atoms with Crippen LogP contribution in [0.2, 0.25) is 0 Å². The van der Waals surface area contributed by atoms with Crippen molar-refractivity contribution in [1.82, 2.24) is 5.32 Å². The fourth-order valence-electron chi connectivity index (χ4n) is 1.24. The van der Waals surface area contributed by atoms with E-state index in [0.717, 1.165) is 24.0 Å². The summed E-state index contributed by atoms with van der Waals surface area (Å²) in [6.07, 6.45) is 0.636. The summed E-state index contributed by atoms with van der Waals surface area (Å²) in [6.45, 7) is 5.85. The highest BCUT2D eigenvalue weighted by Crippen LogP contribution is 2.19. The van der Waals surface area contributed by atoms with Gasteiger partial charge in [-0.2, -0.15) is 0 Å². The number of aliphatic hydroxyl groups excluding tert-OH is 1. The number of aliphatic hydroxyl groups is 1. The summed E-state index contributed by atoms with van der Waals surface area (Å²) in [5, 5.41) is 15.0. The zero-order chi connectivity index (χ0) is 11.3. The van der Waals surface area contributed by atoms with Crippen LogP contribution in [0, 0.1) is 5.92 Å².